The van der Waals surface area contributed by atoms with Crippen molar-refractivity contribution in [1.82, 2.24) is 5.32 Å². The second-order valence-electron chi connectivity index (χ2n) is 5.75. The Bertz CT molecular complexity index is 682. The molecule has 0 aliphatic heterocycles. The van der Waals surface area contributed by atoms with Crippen molar-refractivity contribution < 1.29 is 18.0 Å². The van der Waals surface area contributed by atoms with Crippen molar-refractivity contribution in [3.05, 3.63) is 29.8 Å². The highest BCUT2D eigenvalue weighted by Gasteiger charge is 2.19. The highest BCUT2D eigenvalue weighted by Crippen LogP contribution is 2.19. The van der Waals surface area contributed by atoms with Crippen LogP contribution in [0.1, 0.15) is 44.0 Å². The Hall–Kier alpha value is -1.89. The lowest BCUT2D eigenvalue weighted by molar-refractivity contribution is -0.125. The van der Waals surface area contributed by atoms with Crippen molar-refractivity contribution in [3.63, 3.8) is 0 Å². The Morgan fingerprint density at radius 1 is 1.21 bits per heavy atom. The third kappa shape index (κ3) is 5.63. The molecular weight excluding hydrogens is 328 g/mol. The van der Waals surface area contributed by atoms with E-state index in [-0.39, 0.29) is 30.7 Å². The fraction of sp³-hybridized carbons (Fsp3) is 0.529. The van der Waals surface area contributed by atoms with Gasteiger partial charge >= 0.3 is 0 Å². The van der Waals surface area contributed by atoms with Crippen LogP contribution in [-0.4, -0.2) is 39.5 Å². The van der Waals surface area contributed by atoms with Gasteiger partial charge in [-0.15, -0.1) is 0 Å². The second-order valence-corrected chi connectivity index (χ2v) is 7.65. The highest BCUT2D eigenvalue weighted by atomic mass is 32.2. The first-order chi connectivity index (χ1) is 11.2. The zero-order valence-corrected chi connectivity index (χ0v) is 15.5. The first-order valence-corrected chi connectivity index (χ1v) is 9.91. The average molecular weight is 354 g/mol. The fourth-order valence-electron chi connectivity index (χ4n) is 2.45. The molecule has 0 atom stereocenters. The van der Waals surface area contributed by atoms with Crippen LogP contribution in [0.25, 0.3) is 0 Å². The van der Waals surface area contributed by atoms with E-state index in [1.54, 1.807) is 24.3 Å². The van der Waals surface area contributed by atoms with E-state index in [4.69, 9.17) is 0 Å². The molecule has 0 saturated carbocycles. The van der Waals surface area contributed by atoms with Crippen molar-refractivity contribution in [3.8, 4) is 0 Å². The quantitative estimate of drug-likeness (QED) is 0.689. The average Bonchev–Trinajstić information content (AvgIpc) is 2.51. The van der Waals surface area contributed by atoms with Gasteiger partial charge < -0.3 is 5.32 Å². The van der Waals surface area contributed by atoms with Crippen LogP contribution >= 0.6 is 0 Å². The van der Waals surface area contributed by atoms with Gasteiger partial charge in [-0.3, -0.25) is 13.9 Å². The van der Waals surface area contributed by atoms with Gasteiger partial charge in [0.1, 0.15) is 0 Å². The maximum atomic E-state index is 12.1. The van der Waals surface area contributed by atoms with E-state index in [1.165, 1.54) is 11.2 Å². The summed E-state index contributed by atoms with van der Waals surface area (Å²) in [5, 5.41) is 2.78. The molecule has 1 N–H and O–H groups in total. The smallest absolute Gasteiger partial charge is 0.232 e. The number of anilines is 1. The SMILES string of the molecule is CCC(CC)C(=O)NCCN(c1cccc(C(C)=O)c1)S(C)(=O)=O. The molecule has 0 aliphatic carbocycles. The van der Waals surface area contributed by atoms with Crippen molar-refractivity contribution in [1.29, 1.82) is 0 Å². The molecule has 134 valence electrons. The zero-order chi connectivity index (χ0) is 18.3. The number of hydrogen-bond acceptors (Lipinski definition) is 4. The molecule has 1 amide bonds. The molecule has 1 aromatic rings. The molecule has 0 bridgehead atoms. The van der Waals surface area contributed by atoms with Gasteiger partial charge in [-0.05, 0) is 31.9 Å². The minimum atomic E-state index is -3.52. The molecule has 0 radical (unpaired) electrons. The number of hydrogen-bond donors (Lipinski definition) is 1. The molecule has 6 nitrogen and oxygen atoms in total. The Kier molecular flexibility index (Phi) is 7.41. The van der Waals surface area contributed by atoms with Crippen LogP contribution in [0, 0.1) is 5.92 Å². The third-order valence-electron chi connectivity index (χ3n) is 3.91. The lowest BCUT2D eigenvalue weighted by atomic mass is 10.0. The summed E-state index contributed by atoms with van der Waals surface area (Å²) in [6.07, 6.45) is 2.60. The minimum absolute atomic E-state index is 0.0577. The van der Waals surface area contributed by atoms with Crippen molar-refractivity contribution >= 4 is 27.4 Å². The number of carbonyl (C=O) groups is 2. The van der Waals surface area contributed by atoms with Gasteiger partial charge in [-0.25, -0.2) is 8.42 Å². The van der Waals surface area contributed by atoms with E-state index in [0.717, 1.165) is 19.1 Å². The van der Waals surface area contributed by atoms with Gasteiger partial charge in [0.15, 0.2) is 5.78 Å². The molecule has 0 unspecified atom stereocenters. The number of rotatable bonds is 9. The van der Waals surface area contributed by atoms with Crippen LogP contribution in [0.4, 0.5) is 5.69 Å². The summed E-state index contributed by atoms with van der Waals surface area (Å²) in [5.74, 6) is -0.254. The number of carbonyl (C=O) groups excluding carboxylic acids is 2. The lowest BCUT2D eigenvalue weighted by Crippen LogP contribution is -2.40. The largest absolute Gasteiger partial charge is 0.354 e. The minimum Gasteiger partial charge on any atom is -0.354 e. The summed E-state index contributed by atoms with van der Waals surface area (Å²) in [6, 6.07) is 6.47. The van der Waals surface area contributed by atoms with Crippen molar-refractivity contribution in [2.24, 2.45) is 5.92 Å². The molecule has 1 rings (SSSR count). The van der Waals surface area contributed by atoms with E-state index in [9.17, 15) is 18.0 Å². The summed E-state index contributed by atoms with van der Waals surface area (Å²) < 4.78 is 25.3. The number of sulfonamides is 1. The second kappa shape index (κ2) is 8.82. The molecule has 0 aliphatic rings. The zero-order valence-electron chi connectivity index (χ0n) is 14.7. The van der Waals surface area contributed by atoms with Crippen LogP contribution in [0.2, 0.25) is 0 Å². The summed E-state index contributed by atoms with van der Waals surface area (Å²) in [7, 11) is -3.52. The predicted octanol–water partition coefficient (Wildman–Crippen LogP) is 2.21. The Labute approximate surface area is 144 Å². The van der Waals surface area contributed by atoms with Crippen LogP contribution in [0.5, 0.6) is 0 Å². The van der Waals surface area contributed by atoms with Crippen LogP contribution < -0.4 is 9.62 Å². The van der Waals surface area contributed by atoms with Crippen molar-refractivity contribution in [2.45, 2.75) is 33.6 Å². The molecule has 1 aromatic carbocycles. The molecule has 0 saturated heterocycles. The number of amides is 1. The van der Waals surface area contributed by atoms with Gasteiger partial charge in [-0.2, -0.15) is 0 Å². The highest BCUT2D eigenvalue weighted by molar-refractivity contribution is 7.92. The van der Waals surface area contributed by atoms with Gasteiger partial charge in [0.05, 0.1) is 18.5 Å². The summed E-state index contributed by atoms with van der Waals surface area (Å²) >= 11 is 0. The number of Topliss-reactive ketones (excluding diaryl/α,β-unsaturated/α-hetero) is 1. The number of ketones is 1. The molecule has 0 spiro atoms. The van der Waals surface area contributed by atoms with Gasteiger partial charge in [0.2, 0.25) is 15.9 Å². The number of nitrogens with zero attached hydrogens (tertiary/aromatic N) is 1. The standard InChI is InChI=1S/C17H26N2O4S/c1-5-14(6-2)17(21)18-10-11-19(24(4,22)23)16-9-7-8-15(12-16)13(3)20/h7-9,12,14H,5-6,10-11H2,1-4H3,(H,18,21). The van der Waals surface area contributed by atoms with E-state index in [0.29, 0.717) is 11.3 Å². The lowest BCUT2D eigenvalue weighted by Gasteiger charge is -2.23. The molecule has 0 heterocycles. The normalized spacial score (nSPS) is 11.4. The van der Waals surface area contributed by atoms with Crippen LogP contribution in [-0.2, 0) is 14.8 Å². The van der Waals surface area contributed by atoms with E-state index in [2.05, 4.69) is 5.32 Å². The molecular formula is C17H26N2O4S. The van der Waals surface area contributed by atoms with Gasteiger partial charge in [-0.1, -0.05) is 26.0 Å². The maximum absolute atomic E-state index is 12.1. The van der Waals surface area contributed by atoms with E-state index < -0.39 is 10.0 Å². The van der Waals surface area contributed by atoms with Gasteiger partial charge in [0, 0.05) is 18.0 Å². The molecule has 0 fully saturated rings. The monoisotopic (exact) mass is 354 g/mol. The first-order valence-electron chi connectivity index (χ1n) is 8.07. The van der Waals surface area contributed by atoms with Crippen LogP contribution in [0.15, 0.2) is 24.3 Å². The van der Waals surface area contributed by atoms with E-state index >= 15 is 0 Å². The summed E-state index contributed by atoms with van der Waals surface area (Å²) in [5.41, 5.74) is 0.865. The fourth-order valence-corrected chi connectivity index (χ4v) is 3.37. The van der Waals surface area contributed by atoms with E-state index in [1.807, 2.05) is 13.8 Å². The van der Waals surface area contributed by atoms with Gasteiger partial charge in [0.25, 0.3) is 0 Å². The molecule has 0 aromatic heterocycles. The van der Waals surface area contributed by atoms with Crippen LogP contribution in [0.3, 0.4) is 0 Å². The number of benzene rings is 1. The maximum Gasteiger partial charge on any atom is 0.232 e. The number of nitrogens with one attached hydrogen (secondary N) is 1. The predicted molar refractivity (Wildman–Crippen MR) is 95.7 cm³/mol. The Morgan fingerprint density at radius 2 is 1.83 bits per heavy atom. The molecule has 7 heteroatoms. The Balaban J connectivity index is 2.87. The first kappa shape index (κ1) is 20.2. The summed E-state index contributed by atoms with van der Waals surface area (Å²) in [6.45, 7) is 5.66. The summed E-state index contributed by atoms with van der Waals surface area (Å²) in [4.78, 5) is 23.5. The third-order valence-corrected chi connectivity index (χ3v) is 5.11. The topological polar surface area (TPSA) is 83.6 Å². The van der Waals surface area contributed by atoms with Crippen molar-refractivity contribution in [2.75, 3.05) is 23.7 Å². The Morgan fingerprint density at radius 3 is 2.33 bits per heavy atom. The molecule has 24 heavy (non-hydrogen) atoms.